The summed E-state index contributed by atoms with van der Waals surface area (Å²) >= 11 is 0. The first-order valence-electron chi connectivity index (χ1n) is 12.9. The van der Waals surface area contributed by atoms with Gasteiger partial charge in [0.05, 0.1) is 19.3 Å². The van der Waals surface area contributed by atoms with Crippen LogP contribution in [0.1, 0.15) is 35.8 Å². The highest BCUT2D eigenvalue weighted by Crippen LogP contribution is 2.31. The van der Waals surface area contributed by atoms with Crippen molar-refractivity contribution in [2.45, 2.75) is 50.3 Å². The highest BCUT2D eigenvalue weighted by atomic mass is 19.4. The molecule has 14 heteroatoms. The molecule has 0 bridgehead atoms. The fourth-order valence-electron chi connectivity index (χ4n) is 5.06. The maximum absolute atomic E-state index is 13.0. The normalized spacial score (nSPS) is 24.9. The van der Waals surface area contributed by atoms with Crippen molar-refractivity contribution in [1.82, 2.24) is 15.3 Å². The molecule has 11 nitrogen and oxygen atoms in total. The lowest BCUT2D eigenvalue weighted by Gasteiger charge is -2.32. The number of piperidine rings is 1. The van der Waals surface area contributed by atoms with Crippen molar-refractivity contribution < 1.29 is 41.8 Å². The van der Waals surface area contributed by atoms with E-state index in [1.165, 1.54) is 6.92 Å². The minimum absolute atomic E-state index is 0.0109. The Balaban J connectivity index is 1.08. The molecule has 2 N–H and O–H groups in total. The first-order valence-corrected chi connectivity index (χ1v) is 12.9. The molecule has 214 valence electrons. The second-order valence-electron chi connectivity index (χ2n) is 9.91. The molecule has 3 saturated heterocycles. The number of anilines is 2. The van der Waals surface area contributed by atoms with Gasteiger partial charge in [0.25, 0.3) is 0 Å². The molecule has 40 heavy (non-hydrogen) atoms. The molecule has 1 aromatic heterocycles. The molecule has 3 aliphatic heterocycles. The summed E-state index contributed by atoms with van der Waals surface area (Å²) in [6.45, 7) is 2.42. The number of hydrogen-bond acceptors (Lipinski definition) is 9. The molecule has 0 spiro atoms. The Hall–Kier alpha value is -3.78. The number of carbonyl (C=O) groups is 3. The number of hydrogen-bond donors (Lipinski definition) is 2. The van der Waals surface area contributed by atoms with Crippen molar-refractivity contribution in [3.05, 3.63) is 47.8 Å². The zero-order valence-electron chi connectivity index (χ0n) is 21.5. The number of ketones is 1. The summed E-state index contributed by atoms with van der Waals surface area (Å²) in [5.41, 5.74) is -0.0184. The smallest absolute Gasteiger partial charge is 0.433 e. The van der Waals surface area contributed by atoms with Gasteiger partial charge in [-0.3, -0.25) is 14.9 Å². The van der Waals surface area contributed by atoms with Gasteiger partial charge in [0, 0.05) is 36.5 Å². The highest BCUT2D eigenvalue weighted by molar-refractivity contribution is 5.95. The molecule has 4 unspecified atom stereocenters. The Kier molecular flexibility index (Phi) is 7.90. The van der Waals surface area contributed by atoms with Crippen LogP contribution in [-0.2, 0) is 25.2 Å². The average Bonchev–Trinajstić information content (AvgIpc) is 3.51. The molecule has 0 aliphatic carbocycles. The van der Waals surface area contributed by atoms with Crippen LogP contribution >= 0.6 is 0 Å². The minimum atomic E-state index is -4.56. The number of nitrogens with one attached hydrogen (secondary N) is 2. The second kappa shape index (κ2) is 11.4. The molecule has 0 radical (unpaired) electrons. The van der Waals surface area contributed by atoms with Crippen LogP contribution in [0.15, 0.2) is 36.5 Å². The van der Waals surface area contributed by atoms with Gasteiger partial charge in [0.15, 0.2) is 11.9 Å². The SMILES string of the molecule is CC(=O)c1ccc(NC(=O)OC2COC3C(NC(=O)C4CCN(c5nccc(C(F)(F)F)n5)CC4)COC23)cc1. The number of rotatable bonds is 6. The van der Waals surface area contributed by atoms with Crippen molar-refractivity contribution in [3.8, 4) is 0 Å². The lowest BCUT2D eigenvalue weighted by molar-refractivity contribution is -0.141. The number of ether oxygens (including phenoxy) is 3. The van der Waals surface area contributed by atoms with E-state index < -0.39 is 42.3 Å². The number of nitrogens with zero attached hydrogens (tertiary/aromatic N) is 3. The van der Waals surface area contributed by atoms with Gasteiger partial charge >= 0.3 is 12.3 Å². The Morgan fingerprint density at radius 2 is 1.73 bits per heavy atom. The Labute approximate surface area is 227 Å². The van der Waals surface area contributed by atoms with Crippen molar-refractivity contribution in [2.75, 3.05) is 36.5 Å². The first kappa shape index (κ1) is 27.8. The standard InChI is InChI=1S/C26H28F3N5O6/c1-14(35)15-2-4-17(5-3-15)31-25(37)40-19-13-39-21-18(12-38-22(19)21)32-23(36)16-7-10-34(11-8-16)24-30-9-6-20(33-24)26(27,28)29/h2-6,9,16,18-19,21-22H,7-8,10-13H2,1H3,(H,31,37)(H,32,36). The summed E-state index contributed by atoms with van der Waals surface area (Å²) in [7, 11) is 0. The van der Waals surface area contributed by atoms with E-state index >= 15 is 0 Å². The van der Waals surface area contributed by atoms with Crippen LogP contribution in [0, 0.1) is 5.92 Å². The number of carbonyl (C=O) groups excluding carboxylic acids is 3. The molecule has 0 saturated carbocycles. The van der Waals surface area contributed by atoms with Crippen molar-refractivity contribution in [1.29, 1.82) is 0 Å². The first-order chi connectivity index (χ1) is 19.1. The maximum atomic E-state index is 13.0. The van der Waals surface area contributed by atoms with E-state index in [1.54, 1.807) is 29.2 Å². The number of aromatic nitrogens is 2. The third-order valence-corrected chi connectivity index (χ3v) is 7.21. The van der Waals surface area contributed by atoms with E-state index in [2.05, 4.69) is 20.6 Å². The molecule has 1 aromatic carbocycles. The maximum Gasteiger partial charge on any atom is 0.433 e. The summed E-state index contributed by atoms with van der Waals surface area (Å²) in [6, 6.07) is 6.79. The zero-order valence-corrected chi connectivity index (χ0v) is 21.5. The quantitative estimate of drug-likeness (QED) is 0.510. The Morgan fingerprint density at radius 1 is 1.02 bits per heavy atom. The Bertz CT molecular complexity index is 1250. The fraction of sp³-hybridized carbons (Fsp3) is 0.500. The minimum Gasteiger partial charge on any atom is -0.441 e. The topological polar surface area (TPSA) is 132 Å². The number of halogens is 3. The summed E-state index contributed by atoms with van der Waals surface area (Å²) < 4.78 is 56.0. The van der Waals surface area contributed by atoms with Crippen molar-refractivity contribution in [2.24, 2.45) is 5.92 Å². The van der Waals surface area contributed by atoms with Gasteiger partial charge in [-0.05, 0) is 50.1 Å². The van der Waals surface area contributed by atoms with E-state index in [-0.39, 0.29) is 36.8 Å². The van der Waals surface area contributed by atoms with Crippen LogP contribution in [0.3, 0.4) is 0 Å². The fourth-order valence-corrected chi connectivity index (χ4v) is 5.06. The summed E-state index contributed by atoms with van der Waals surface area (Å²) in [5.74, 6) is -0.630. The van der Waals surface area contributed by atoms with Gasteiger partial charge in [-0.1, -0.05) is 0 Å². The van der Waals surface area contributed by atoms with Gasteiger partial charge in [-0.25, -0.2) is 14.8 Å². The third kappa shape index (κ3) is 6.17. The van der Waals surface area contributed by atoms with E-state index in [4.69, 9.17) is 14.2 Å². The predicted octanol–water partition coefficient (Wildman–Crippen LogP) is 2.81. The molecular weight excluding hydrogens is 535 g/mol. The number of alkyl halides is 3. The van der Waals surface area contributed by atoms with Crippen LogP contribution in [-0.4, -0.2) is 78.4 Å². The summed E-state index contributed by atoms with van der Waals surface area (Å²) in [6.07, 6.45) is -5.03. The molecule has 3 aliphatic rings. The van der Waals surface area contributed by atoms with Gasteiger partial charge < -0.3 is 24.4 Å². The third-order valence-electron chi connectivity index (χ3n) is 7.21. The predicted molar refractivity (Wildman–Crippen MR) is 134 cm³/mol. The van der Waals surface area contributed by atoms with Gasteiger partial charge in [-0.15, -0.1) is 0 Å². The molecule has 2 aromatic rings. The van der Waals surface area contributed by atoms with Crippen molar-refractivity contribution in [3.63, 3.8) is 0 Å². The highest BCUT2D eigenvalue weighted by Gasteiger charge is 2.50. The molecular formula is C26H28F3N5O6. The molecule has 5 rings (SSSR count). The zero-order chi connectivity index (χ0) is 28.4. The monoisotopic (exact) mass is 563 g/mol. The van der Waals surface area contributed by atoms with Crippen LogP contribution in [0.5, 0.6) is 0 Å². The average molecular weight is 564 g/mol. The molecule has 4 atom stereocenters. The van der Waals surface area contributed by atoms with E-state index in [9.17, 15) is 27.6 Å². The summed E-state index contributed by atoms with van der Waals surface area (Å²) in [5, 5.41) is 5.57. The lowest BCUT2D eigenvalue weighted by atomic mass is 9.95. The van der Waals surface area contributed by atoms with Crippen LogP contribution in [0.2, 0.25) is 0 Å². The van der Waals surface area contributed by atoms with E-state index in [1.807, 2.05) is 0 Å². The number of amides is 2. The largest absolute Gasteiger partial charge is 0.441 e. The second-order valence-corrected chi connectivity index (χ2v) is 9.91. The number of Topliss-reactive ketones (excluding diaryl/α,β-unsaturated/α-hetero) is 1. The van der Waals surface area contributed by atoms with Crippen LogP contribution in [0.25, 0.3) is 0 Å². The Morgan fingerprint density at radius 3 is 2.40 bits per heavy atom. The molecule has 2 amide bonds. The summed E-state index contributed by atoms with van der Waals surface area (Å²) in [4.78, 5) is 46.0. The number of fused-ring (bicyclic) bond motifs is 1. The number of benzene rings is 1. The molecule has 4 heterocycles. The van der Waals surface area contributed by atoms with Gasteiger partial charge in [0.1, 0.15) is 17.9 Å². The van der Waals surface area contributed by atoms with Crippen LogP contribution < -0.4 is 15.5 Å². The van der Waals surface area contributed by atoms with E-state index in [0.717, 1.165) is 12.3 Å². The van der Waals surface area contributed by atoms with E-state index in [0.29, 0.717) is 37.2 Å². The van der Waals surface area contributed by atoms with Gasteiger partial charge in [-0.2, -0.15) is 13.2 Å². The van der Waals surface area contributed by atoms with Crippen molar-refractivity contribution >= 4 is 29.4 Å². The lowest BCUT2D eigenvalue weighted by Crippen LogP contribution is -2.48. The molecule has 3 fully saturated rings. The van der Waals surface area contributed by atoms with Crippen LogP contribution in [0.4, 0.5) is 29.6 Å². The van der Waals surface area contributed by atoms with Gasteiger partial charge in [0.2, 0.25) is 11.9 Å².